The van der Waals surface area contributed by atoms with E-state index in [-0.39, 0.29) is 12.0 Å². The van der Waals surface area contributed by atoms with Crippen molar-refractivity contribution >= 4 is 11.4 Å². The van der Waals surface area contributed by atoms with Crippen molar-refractivity contribution in [1.29, 1.82) is 5.26 Å². The van der Waals surface area contributed by atoms with Crippen LogP contribution in [-0.4, -0.2) is 18.3 Å². The molecule has 0 aliphatic carbocycles. The summed E-state index contributed by atoms with van der Waals surface area (Å²) in [6.45, 7) is 5.40. The average Bonchev–Trinajstić information content (AvgIpc) is 2.38. The monoisotopic (exact) mass is 261 g/mol. The summed E-state index contributed by atoms with van der Waals surface area (Å²) in [7, 11) is 0. The molecule has 0 radical (unpaired) electrons. The number of nitrogen functional groups attached to an aromatic ring is 1. The molecule has 104 valence electrons. The molecule has 0 bridgehead atoms. The van der Waals surface area contributed by atoms with E-state index in [9.17, 15) is 0 Å². The molecule has 0 unspecified atom stereocenters. The molecule has 4 N–H and O–H groups in total. The van der Waals surface area contributed by atoms with Crippen molar-refractivity contribution < 1.29 is 5.11 Å². The van der Waals surface area contributed by atoms with Gasteiger partial charge in [-0.25, -0.2) is 0 Å². The van der Waals surface area contributed by atoms with E-state index in [0.717, 1.165) is 30.6 Å². The molecule has 1 aromatic carbocycles. The second kappa shape index (κ2) is 7.01. The van der Waals surface area contributed by atoms with Crippen molar-refractivity contribution in [1.82, 2.24) is 0 Å². The van der Waals surface area contributed by atoms with Gasteiger partial charge in [0.15, 0.2) is 0 Å². The van der Waals surface area contributed by atoms with Gasteiger partial charge in [0, 0.05) is 24.5 Å². The lowest BCUT2D eigenvalue weighted by Gasteiger charge is -2.25. The molecular weight excluding hydrogens is 238 g/mol. The van der Waals surface area contributed by atoms with Crippen LogP contribution < -0.4 is 11.1 Å². The number of nitrogens with zero attached hydrogens (tertiary/aromatic N) is 1. The SMILES string of the molecule is CC(C)(CCCO)CNc1ccc(N)c(CC#N)c1. The van der Waals surface area contributed by atoms with Crippen molar-refractivity contribution in [3.8, 4) is 6.07 Å². The van der Waals surface area contributed by atoms with E-state index >= 15 is 0 Å². The fourth-order valence-electron chi connectivity index (χ4n) is 1.94. The van der Waals surface area contributed by atoms with Gasteiger partial charge in [0.2, 0.25) is 0 Å². The molecule has 0 saturated carbocycles. The Morgan fingerprint density at radius 2 is 2.16 bits per heavy atom. The smallest absolute Gasteiger partial charge is 0.0670 e. The van der Waals surface area contributed by atoms with Crippen LogP contribution in [0.2, 0.25) is 0 Å². The van der Waals surface area contributed by atoms with E-state index in [1.54, 1.807) is 0 Å². The largest absolute Gasteiger partial charge is 0.398 e. The number of rotatable bonds is 7. The third-order valence-corrected chi connectivity index (χ3v) is 3.20. The Bertz CT molecular complexity index is 449. The van der Waals surface area contributed by atoms with Gasteiger partial charge in [0.25, 0.3) is 0 Å². The maximum Gasteiger partial charge on any atom is 0.0670 e. The fourth-order valence-corrected chi connectivity index (χ4v) is 1.94. The van der Waals surface area contributed by atoms with Crippen molar-refractivity contribution in [3.05, 3.63) is 23.8 Å². The van der Waals surface area contributed by atoms with Crippen molar-refractivity contribution in [2.24, 2.45) is 5.41 Å². The van der Waals surface area contributed by atoms with Gasteiger partial charge in [-0.3, -0.25) is 0 Å². The maximum atomic E-state index is 8.88. The van der Waals surface area contributed by atoms with Gasteiger partial charge in [0.1, 0.15) is 0 Å². The first-order chi connectivity index (χ1) is 8.98. The average molecular weight is 261 g/mol. The standard InChI is InChI=1S/C15H23N3O/c1-15(2,7-3-9-19)11-18-13-4-5-14(17)12(10-13)6-8-16/h4-5,10,18-19H,3,6-7,9,11,17H2,1-2H3. The van der Waals surface area contributed by atoms with Crippen LogP contribution in [0.4, 0.5) is 11.4 Å². The first-order valence-electron chi connectivity index (χ1n) is 6.58. The van der Waals surface area contributed by atoms with Gasteiger partial charge in [0.05, 0.1) is 12.5 Å². The highest BCUT2D eigenvalue weighted by atomic mass is 16.2. The van der Waals surface area contributed by atoms with E-state index in [2.05, 4.69) is 25.2 Å². The molecule has 0 aliphatic heterocycles. The normalized spacial score (nSPS) is 11.1. The minimum atomic E-state index is 0.125. The summed E-state index contributed by atoms with van der Waals surface area (Å²) in [5.74, 6) is 0. The van der Waals surface area contributed by atoms with Crippen molar-refractivity contribution in [2.75, 3.05) is 24.2 Å². The Hall–Kier alpha value is -1.73. The highest BCUT2D eigenvalue weighted by molar-refractivity contribution is 5.58. The van der Waals surface area contributed by atoms with Gasteiger partial charge < -0.3 is 16.2 Å². The molecule has 0 aromatic heterocycles. The third-order valence-electron chi connectivity index (χ3n) is 3.20. The van der Waals surface area contributed by atoms with Crippen LogP contribution >= 0.6 is 0 Å². The molecule has 0 fully saturated rings. The summed E-state index contributed by atoms with van der Waals surface area (Å²) in [6.07, 6.45) is 2.11. The number of hydrogen-bond acceptors (Lipinski definition) is 4. The molecule has 4 nitrogen and oxygen atoms in total. The van der Waals surface area contributed by atoms with Crippen molar-refractivity contribution in [2.45, 2.75) is 33.1 Å². The summed E-state index contributed by atoms with van der Waals surface area (Å²) in [5.41, 5.74) is 8.44. The number of benzene rings is 1. The first-order valence-corrected chi connectivity index (χ1v) is 6.58. The van der Waals surface area contributed by atoms with E-state index in [1.807, 2.05) is 18.2 Å². The zero-order chi connectivity index (χ0) is 14.3. The lowest BCUT2D eigenvalue weighted by atomic mass is 9.88. The number of aliphatic hydroxyl groups excluding tert-OH is 1. The van der Waals surface area contributed by atoms with Gasteiger partial charge in [-0.2, -0.15) is 5.26 Å². The predicted molar refractivity (Wildman–Crippen MR) is 78.8 cm³/mol. The van der Waals surface area contributed by atoms with Gasteiger partial charge in [-0.1, -0.05) is 13.8 Å². The van der Waals surface area contributed by atoms with Crippen LogP contribution in [0.5, 0.6) is 0 Å². The summed E-state index contributed by atoms with van der Waals surface area (Å²) >= 11 is 0. The van der Waals surface area contributed by atoms with E-state index in [4.69, 9.17) is 16.1 Å². The van der Waals surface area contributed by atoms with E-state index < -0.39 is 0 Å². The minimum Gasteiger partial charge on any atom is -0.398 e. The second-order valence-corrected chi connectivity index (χ2v) is 5.59. The van der Waals surface area contributed by atoms with Crippen LogP contribution in [0.1, 0.15) is 32.3 Å². The van der Waals surface area contributed by atoms with Gasteiger partial charge >= 0.3 is 0 Å². The van der Waals surface area contributed by atoms with Crippen molar-refractivity contribution in [3.63, 3.8) is 0 Å². The summed E-state index contributed by atoms with van der Waals surface area (Å²) in [5, 5.41) is 21.0. The third kappa shape index (κ3) is 5.19. The topological polar surface area (TPSA) is 82.1 Å². The molecule has 0 spiro atoms. The molecule has 0 saturated heterocycles. The van der Waals surface area contributed by atoms with Crippen LogP contribution in [0, 0.1) is 16.7 Å². The van der Waals surface area contributed by atoms with Gasteiger partial charge in [-0.05, 0) is 42.0 Å². The molecular formula is C15H23N3O. The molecule has 0 atom stereocenters. The number of hydrogen-bond donors (Lipinski definition) is 3. The second-order valence-electron chi connectivity index (χ2n) is 5.59. The Kier molecular flexibility index (Phi) is 5.65. The summed E-state index contributed by atoms with van der Waals surface area (Å²) in [6, 6.07) is 7.81. The minimum absolute atomic E-state index is 0.125. The highest BCUT2D eigenvalue weighted by Gasteiger charge is 2.16. The van der Waals surface area contributed by atoms with Crippen LogP contribution in [0.15, 0.2) is 18.2 Å². The van der Waals surface area contributed by atoms with E-state index in [0.29, 0.717) is 12.1 Å². The Morgan fingerprint density at radius 1 is 1.42 bits per heavy atom. The van der Waals surface area contributed by atoms with Gasteiger partial charge in [-0.15, -0.1) is 0 Å². The molecule has 0 aliphatic rings. The Labute approximate surface area is 115 Å². The molecule has 1 rings (SSSR count). The highest BCUT2D eigenvalue weighted by Crippen LogP contribution is 2.24. The molecule has 4 heteroatoms. The van der Waals surface area contributed by atoms with E-state index in [1.165, 1.54) is 0 Å². The predicted octanol–water partition coefficient (Wildman–Crippen LogP) is 2.55. The number of nitriles is 1. The van der Waals surface area contributed by atoms with Crippen LogP contribution in [0.25, 0.3) is 0 Å². The Morgan fingerprint density at radius 3 is 2.79 bits per heavy atom. The molecule has 0 heterocycles. The summed E-state index contributed by atoms with van der Waals surface area (Å²) < 4.78 is 0. The lowest BCUT2D eigenvalue weighted by molar-refractivity contribution is 0.248. The zero-order valence-corrected chi connectivity index (χ0v) is 11.7. The van der Waals surface area contributed by atoms with Crippen LogP contribution in [-0.2, 0) is 6.42 Å². The zero-order valence-electron chi connectivity index (χ0n) is 11.7. The summed E-state index contributed by atoms with van der Waals surface area (Å²) in [4.78, 5) is 0. The number of nitrogens with one attached hydrogen (secondary N) is 1. The molecule has 0 amide bonds. The van der Waals surface area contributed by atoms with Crippen LogP contribution in [0.3, 0.4) is 0 Å². The maximum absolute atomic E-state index is 8.88. The number of aliphatic hydroxyl groups is 1. The Balaban J connectivity index is 2.63. The number of nitrogens with two attached hydrogens (primary N) is 1. The quantitative estimate of drug-likeness (QED) is 0.659. The lowest BCUT2D eigenvalue weighted by Crippen LogP contribution is -2.23. The first kappa shape index (κ1) is 15.3. The molecule has 1 aromatic rings. The molecule has 19 heavy (non-hydrogen) atoms. The number of anilines is 2. The fraction of sp³-hybridized carbons (Fsp3) is 0.533.